The summed E-state index contributed by atoms with van der Waals surface area (Å²) >= 11 is 6.05. The molecule has 4 heteroatoms. The van der Waals surface area contributed by atoms with E-state index in [1.165, 1.54) is 0 Å². The summed E-state index contributed by atoms with van der Waals surface area (Å²) in [7, 11) is 0. The highest BCUT2D eigenvalue weighted by molar-refractivity contribution is 6.29. The Labute approximate surface area is 109 Å². The van der Waals surface area contributed by atoms with Crippen molar-refractivity contribution in [3.63, 3.8) is 0 Å². The monoisotopic (exact) mass is 255 g/mol. The average molecular weight is 256 g/mol. The Balaban J connectivity index is 2.92. The molecule has 0 aliphatic rings. The van der Waals surface area contributed by atoms with Crippen LogP contribution in [0.25, 0.3) is 0 Å². The summed E-state index contributed by atoms with van der Waals surface area (Å²) in [5.41, 5.74) is 0. The fourth-order valence-corrected chi connectivity index (χ4v) is 2.02. The zero-order chi connectivity index (χ0) is 12.7. The van der Waals surface area contributed by atoms with Crippen LogP contribution in [0, 0.1) is 0 Å². The van der Waals surface area contributed by atoms with Gasteiger partial charge in [0.05, 0.1) is 0 Å². The summed E-state index contributed by atoms with van der Waals surface area (Å²) in [6.45, 7) is 8.52. The topological polar surface area (TPSA) is 29.0 Å². The second-order valence-electron chi connectivity index (χ2n) is 4.20. The molecule has 0 saturated carbocycles. The molecule has 0 atom stereocenters. The smallest absolute Gasteiger partial charge is 0.134 e. The molecule has 1 heterocycles. The molecule has 1 rings (SSSR count). The number of hydrogen-bond donors (Lipinski definition) is 0. The minimum absolute atomic E-state index is 0.552. The van der Waals surface area contributed by atoms with Crippen molar-refractivity contribution in [2.45, 2.75) is 46.5 Å². The largest absolute Gasteiger partial charge is 0.356 e. The van der Waals surface area contributed by atoms with Gasteiger partial charge in [0.15, 0.2) is 0 Å². The molecule has 0 amide bonds. The minimum atomic E-state index is 0.552. The highest BCUT2D eigenvalue weighted by Gasteiger charge is 2.09. The highest BCUT2D eigenvalue weighted by atomic mass is 35.5. The Morgan fingerprint density at radius 2 is 1.71 bits per heavy atom. The number of hydrogen-bond acceptors (Lipinski definition) is 3. The van der Waals surface area contributed by atoms with Crippen molar-refractivity contribution >= 4 is 17.4 Å². The average Bonchev–Trinajstić information content (AvgIpc) is 2.28. The fraction of sp³-hybridized carbons (Fsp3) is 0.692. The Kier molecular flexibility index (Phi) is 6.27. The zero-order valence-corrected chi connectivity index (χ0v) is 11.8. The van der Waals surface area contributed by atoms with Crippen LogP contribution in [0.2, 0.25) is 5.15 Å². The van der Waals surface area contributed by atoms with Crippen molar-refractivity contribution in [3.8, 4) is 0 Å². The van der Waals surface area contributed by atoms with Gasteiger partial charge in [0.1, 0.15) is 16.8 Å². The van der Waals surface area contributed by atoms with E-state index in [1.807, 2.05) is 6.07 Å². The molecular formula is C13H22ClN3. The van der Waals surface area contributed by atoms with E-state index < -0.39 is 0 Å². The van der Waals surface area contributed by atoms with E-state index >= 15 is 0 Å². The highest BCUT2D eigenvalue weighted by Crippen LogP contribution is 2.17. The molecule has 0 aliphatic heterocycles. The molecule has 1 aromatic rings. The lowest BCUT2D eigenvalue weighted by Gasteiger charge is -2.23. The van der Waals surface area contributed by atoms with Crippen LogP contribution in [0.3, 0.4) is 0 Å². The van der Waals surface area contributed by atoms with Crippen molar-refractivity contribution in [1.82, 2.24) is 9.97 Å². The molecule has 3 nitrogen and oxygen atoms in total. The molecule has 0 N–H and O–H groups in total. The number of halogens is 1. The summed E-state index contributed by atoms with van der Waals surface area (Å²) in [5, 5.41) is 0.552. The summed E-state index contributed by atoms with van der Waals surface area (Å²) in [4.78, 5) is 11.1. The third-order valence-corrected chi connectivity index (χ3v) is 2.71. The van der Waals surface area contributed by atoms with Crippen molar-refractivity contribution in [1.29, 1.82) is 0 Å². The first-order chi connectivity index (χ1) is 8.21. The Bertz CT molecular complexity index is 335. The standard InChI is InChI=1S/C13H22ClN3/c1-4-7-12-15-11(14)10-13(16-12)17(8-5-2)9-6-3/h10H,4-9H2,1-3H3. The van der Waals surface area contributed by atoms with Gasteiger partial charge in [-0.3, -0.25) is 0 Å². The van der Waals surface area contributed by atoms with Gasteiger partial charge in [0.25, 0.3) is 0 Å². The van der Waals surface area contributed by atoms with Crippen molar-refractivity contribution < 1.29 is 0 Å². The SMILES string of the molecule is CCCc1nc(Cl)cc(N(CCC)CCC)n1. The maximum atomic E-state index is 6.05. The third-order valence-electron chi connectivity index (χ3n) is 2.51. The van der Waals surface area contributed by atoms with E-state index in [1.54, 1.807) is 0 Å². The molecule has 1 aromatic heterocycles. The fourth-order valence-electron chi connectivity index (χ4n) is 1.83. The van der Waals surface area contributed by atoms with Gasteiger partial charge in [0, 0.05) is 25.6 Å². The van der Waals surface area contributed by atoms with Crippen LogP contribution in [0.5, 0.6) is 0 Å². The van der Waals surface area contributed by atoms with Gasteiger partial charge in [-0.05, 0) is 19.3 Å². The first kappa shape index (κ1) is 14.2. The maximum absolute atomic E-state index is 6.05. The lowest BCUT2D eigenvalue weighted by atomic mass is 10.3. The Morgan fingerprint density at radius 1 is 1.06 bits per heavy atom. The molecule has 0 aliphatic carbocycles. The molecule has 0 unspecified atom stereocenters. The summed E-state index contributed by atoms with van der Waals surface area (Å²) in [5.74, 6) is 1.82. The molecule has 0 aromatic carbocycles. The van der Waals surface area contributed by atoms with Crippen LogP contribution >= 0.6 is 11.6 Å². The molecule has 96 valence electrons. The zero-order valence-electron chi connectivity index (χ0n) is 11.0. The molecule has 0 fully saturated rings. The van der Waals surface area contributed by atoms with Gasteiger partial charge in [-0.1, -0.05) is 32.4 Å². The molecule has 17 heavy (non-hydrogen) atoms. The first-order valence-electron chi connectivity index (χ1n) is 6.49. The van der Waals surface area contributed by atoms with Gasteiger partial charge in [0.2, 0.25) is 0 Å². The lowest BCUT2D eigenvalue weighted by molar-refractivity contribution is 0.723. The van der Waals surface area contributed by atoms with E-state index in [9.17, 15) is 0 Å². The molecule has 0 radical (unpaired) electrons. The normalized spacial score (nSPS) is 10.6. The summed E-state index contributed by atoms with van der Waals surface area (Å²) in [6.07, 6.45) is 4.16. The number of aryl methyl sites for hydroxylation is 1. The summed E-state index contributed by atoms with van der Waals surface area (Å²) < 4.78 is 0. The first-order valence-corrected chi connectivity index (χ1v) is 6.87. The van der Waals surface area contributed by atoms with E-state index in [4.69, 9.17) is 11.6 Å². The van der Waals surface area contributed by atoms with Crippen LogP contribution in [0.1, 0.15) is 45.9 Å². The molecule has 0 bridgehead atoms. The number of nitrogens with zero attached hydrogens (tertiary/aromatic N) is 3. The second-order valence-corrected chi connectivity index (χ2v) is 4.59. The number of aromatic nitrogens is 2. The molecule has 0 saturated heterocycles. The van der Waals surface area contributed by atoms with E-state index in [-0.39, 0.29) is 0 Å². The van der Waals surface area contributed by atoms with Gasteiger partial charge in [-0.25, -0.2) is 9.97 Å². The number of rotatable bonds is 7. The van der Waals surface area contributed by atoms with Crippen LogP contribution in [0.4, 0.5) is 5.82 Å². The molecular weight excluding hydrogens is 234 g/mol. The quantitative estimate of drug-likeness (QED) is 0.696. The Hall–Kier alpha value is -0.830. The van der Waals surface area contributed by atoms with Crippen molar-refractivity contribution in [2.75, 3.05) is 18.0 Å². The van der Waals surface area contributed by atoms with Gasteiger partial charge in [-0.2, -0.15) is 0 Å². The predicted octanol–water partition coefficient (Wildman–Crippen LogP) is 3.71. The van der Waals surface area contributed by atoms with Crippen LogP contribution in [0.15, 0.2) is 6.07 Å². The van der Waals surface area contributed by atoms with E-state index in [2.05, 4.69) is 35.6 Å². The van der Waals surface area contributed by atoms with E-state index in [0.29, 0.717) is 5.15 Å². The van der Waals surface area contributed by atoms with E-state index in [0.717, 1.165) is 50.4 Å². The van der Waals surface area contributed by atoms with Gasteiger partial charge in [-0.15, -0.1) is 0 Å². The van der Waals surface area contributed by atoms with Crippen molar-refractivity contribution in [3.05, 3.63) is 17.0 Å². The van der Waals surface area contributed by atoms with Gasteiger partial charge >= 0.3 is 0 Å². The maximum Gasteiger partial charge on any atom is 0.134 e. The Morgan fingerprint density at radius 3 is 2.24 bits per heavy atom. The summed E-state index contributed by atoms with van der Waals surface area (Å²) in [6, 6.07) is 1.87. The number of anilines is 1. The minimum Gasteiger partial charge on any atom is -0.356 e. The van der Waals surface area contributed by atoms with Crippen LogP contribution in [-0.4, -0.2) is 23.1 Å². The molecule has 0 spiro atoms. The van der Waals surface area contributed by atoms with Crippen molar-refractivity contribution in [2.24, 2.45) is 0 Å². The van der Waals surface area contributed by atoms with Crippen LogP contribution < -0.4 is 4.90 Å². The van der Waals surface area contributed by atoms with Gasteiger partial charge < -0.3 is 4.90 Å². The lowest BCUT2D eigenvalue weighted by Crippen LogP contribution is -2.26. The second kappa shape index (κ2) is 7.49. The predicted molar refractivity (Wildman–Crippen MR) is 73.8 cm³/mol. The third kappa shape index (κ3) is 4.50. The van der Waals surface area contributed by atoms with Crippen LogP contribution in [-0.2, 0) is 6.42 Å².